The lowest BCUT2D eigenvalue weighted by Gasteiger charge is -2.10. The van der Waals surface area contributed by atoms with Gasteiger partial charge in [0.2, 0.25) is 0 Å². The monoisotopic (exact) mass is 297 g/mol. The lowest BCUT2D eigenvalue weighted by atomic mass is 10.1. The smallest absolute Gasteiger partial charge is 0.195 e. The summed E-state index contributed by atoms with van der Waals surface area (Å²) < 4.78 is 5.73. The number of anilines is 5. The van der Waals surface area contributed by atoms with Crippen LogP contribution in [-0.2, 0) is 0 Å². The number of hydrogen-bond acceptors (Lipinski definition) is 7. The number of nitrogen functional groups attached to an aromatic ring is 5. The second-order valence-corrected chi connectivity index (χ2v) is 4.98. The summed E-state index contributed by atoms with van der Waals surface area (Å²) in [7, 11) is 0. The van der Waals surface area contributed by atoms with Crippen LogP contribution in [0.15, 0.2) is 39.5 Å². The quantitative estimate of drug-likeness (QED) is 0.424. The maximum Gasteiger partial charge on any atom is 0.195 e. The molecule has 0 saturated heterocycles. The summed E-state index contributed by atoms with van der Waals surface area (Å²) in [6, 6.07) is 7.79. The molecule has 0 aliphatic rings. The summed E-state index contributed by atoms with van der Waals surface area (Å²) in [5.74, 6) is 0.341. The lowest BCUT2D eigenvalue weighted by molar-refractivity contribution is 0.619. The van der Waals surface area contributed by atoms with Crippen LogP contribution in [-0.4, -0.2) is 0 Å². The summed E-state index contributed by atoms with van der Waals surface area (Å²) in [6.45, 7) is 0. The van der Waals surface area contributed by atoms with Gasteiger partial charge in [0.25, 0.3) is 0 Å². The molecular weight excluding hydrogens is 282 g/mol. The van der Waals surface area contributed by atoms with E-state index in [4.69, 9.17) is 33.1 Å². The van der Waals surface area contributed by atoms with E-state index >= 15 is 0 Å². The summed E-state index contributed by atoms with van der Waals surface area (Å²) in [4.78, 5) is 12.3. The summed E-state index contributed by atoms with van der Waals surface area (Å²) in [5, 5.41) is 0.207. The average Bonchev–Trinajstić information content (AvgIpc) is 2.47. The molecule has 1 aromatic heterocycles. The molecule has 10 N–H and O–H groups in total. The predicted molar refractivity (Wildman–Crippen MR) is 90.0 cm³/mol. The fourth-order valence-electron chi connectivity index (χ4n) is 2.26. The third kappa shape index (κ3) is 1.96. The van der Waals surface area contributed by atoms with E-state index in [2.05, 4.69) is 0 Å². The van der Waals surface area contributed by atoms with Gasteiger partial charge in [0.15, 0.2) is 5.43 Å². The predicted octanol–water partition coefficient (Wildman–Crippen LogP) is 1.37. The van der Waals surface area contributed by atoms with Gasteiger partial charge in [-0.15, -0.1) is 0 Å². The van der Waals surface area contributed by atoms with E-state index in [0.717, 1.165) is 0 Å². The van der Waals surface area contributed by atoms with Crippen molar-refractivity contribution >= 4 is 39.4 Å². The Morgan fingerprint density at radius 1 is 0.773 bits per heavy atom. The van der Waals surface area contributed by atoms with Gasteiger partial charge < -0.3 is 33.1 Å². The SMILES string of the molecule is Nc1ccc(-c2cc(=O)c3c(N)c(N)c(N)cc3o2)cc1N. The molecule has 0 spiro atoms. The van der Waals surface area contributed by atoms with Crippen molar-refractivity contribution in [3.8, 4) is 11.3 Å². The van der Waals surface area contributed by atoms with Gasteiger partial charge in [-0.3, -0.25) is 4.79 Å². The molecule has 2 aromatic carbocycles. The molecule has 0 radical (unpaired) electrons. The highest BCUT2D eigenvalue weighted by molar-refractivity contribution is 6.00. The Kier molecular flexibility index (Phi) is 2.84. The van der Waals surface area contributed by atoms with E-state index < -0.39 is 0 Å². The van der Waals surface area contributed by atoms with Crippen molar-refractivity contribution in [3.05, 3.63) is 40.6 Å². The van der Waals surface area contributed by atoms with Crippen LogP contribution in [0.25, 0.3) is 22.3 Å². The number of benzene rings is 2. The first-order valence-electron chi connectivity index (χ1n) is 6.45. The number of fused-ring (bicyclic) bond motifs is 1. The third-order valence-electron chi connectivity index (χ3n) is 3.50. The molecule has 0 fully saturated rings. The van der Waals surface area contributed by atoms with Crippen LogP contribution in [0.4, 0.5) is 28.4 Å². The fourth-order valence-corrected chi connectivity index (χ4v) is 2.26. The first-order valence-corrected chi connectivity index (χ1v) is 6.45. The molecule has 22 heavy (non-hydrogen) atoms. The Balaban J connectivity index is 2.31. The minimum Gasteiger partial charge on any atom is -0.456 e. The zero-order valence-electron chi connectivity index (χ0n) is 11.6. The van der Waals surface area contributed by atoms with E-state index in [1.807, 2.05) is 0 Å². The highest BCUT2D eigenvalue weighted by Crippen LogP contribution is 2.33. The van der Waals surface area contributed by atoms with Gasteiger partial charge >= 0.3 is 0 Å². The normalized spacial score (nSPS) is 10.9. The minimum absolute atomic E-state index is 0.118. The van der Waals surface area contributed by atoms with E-state index in [1.165, 1.54) is 12.1 Å². The largest absolute Gasteiger partial charge is 0.456 e. The molecule has 3 rings (SSSR count). The van der Waals surface area contributed by atoms with E-state index in [9.17, 15) is 4.79 Å². The maximum atomic E-state index is 12.3. The Morgan fingerprint density at radius 3 is 2.18 bits per heavy atom. The molecule has 0 saturated carbocycles. The van der Waals surface area contributed by atoms with Crippen LogP contribution < -0.4 is 34.1 Å². The van der Waals surface area contributed by atoms with Crippen molar-refractivity contribution in [2.75, 3.05) is 28.7 Å². The first-order chi connectivity index (χ1) is 10.4. The Labute approximate surface area is 125 Å². The lowest BCUT2D eigenvalue weighted by Crippen LogP contribution is -2.08. The number of rotatable bonds is 1. The number of nitrogens with two attached hydrogens (primary N) is 5. The second kappa shape index (κ2) is 4.59. The topological polar surface area (TPSA) is 160 Å². The zero-order chi connectivity index (χ0) is 16.0. The highest BCUT2D eigenvalue weighted by Gasteiger charge is 2.14. The molecule has 0 aliphatic heterocycles. The van der Waals surface area contributed by atoms with Crippen molar-refractivity contribution in [2.45, 2.75) is 0 Å². The van der Waals surface area contributed by atoms with Gasteiger partial charge in [0.05, 0.1) is 33.8 Å². The van der Waals surface area contributed by atoms with Gasteiger partial charge in [-0.2, -0.15) is 0 Å². The van der Waals surface area contributed by atoms with E-state index in [-0.39, 0.29) is 33.5 Å². The molecule has 0 bridgehead atoms. The van der Waals surface area contributed by atoms with Crippen molar-refractivity contribution in [1.29, 1.82) is 0 Å². The Hall–Kier alpha value is -3.35. The van der Waals surface area contributed by atoms with Crippen molar-refractivity contribution in [3.63, 3.8) is 0 Å². The van der Waals surface area contributed by atoms with Crippen LogP contribution in [0.3, 0.4) is 0 Å². The summed E-state index contributed by atoms with van der Waals surface area (Å²) in [5.41, 5.74) is 30.8. The van der Waals surface area contributed by atoms with Gasteiger partial charge in [-0.1, -0.05) is 0 Å². The van der Waals surface area contributed by atoms with Gasteiger partial charge in [0.1, 0.15) is 11.3 Å². The first kappa shape index (κ1) is 13.6. The van der Waals surface area contributed by atoms with E-state index in [0.29, 0.717) is 22.7 Å². The van der Waals surface area contributed by atoms with Gasteiger partial charge in [0, 0.05) is 17.7 Å². The Bertz CT molecular complexity index is 962. The van der Waals surface area contributed by atoms with Crippen LogP contribution in [0.5, 0.6) is 0 Å². The molecular formula is C15H15N5O2. The van der Waals surface area contributed by atoms with Crippen LogP contribution in [0, 0.1) is 0 Å². The van der Waals surface area contributed by atoms with Crippen molar-refractivity contribution < 1.29 is 4.42 Å². The highest BCUT2D eigenvalue weighted by atomic mass is 16.3. The summed E-state index contributed by atoms with van der Waals surface area (Å²) >= 11 is 0. The fraction of sp³-hybridized carbons (Fsp3) is 0. The molecule has 1 heterocycles. The second-order valence-electron chi connectivity index (χ2n) is 4.98. The maximum absolute atomic E-state index is 12.3. The molecule has 0 atom stereocenters. The van der Waals surface area contributed by atoms with E-state index in [1.54, 1.807) is 18.2 Å². The molecule has 0 amide bonds. The Morgan fingerprint density at radius 2 is 1.50 bits per heavy atom. The molecule has 3 aromatic rings. The standard InChI is InChI=1S/C15H15N5O2/c16-7-2-1-6(3-8(7)17)11-5-10(21)13-12(22-11)4-9(18)14(19)15(13)20/h1-5H,16-20H2. The molecule has 0 aliphatic carbocycles. The molecule has 7 heteroatoms. The number of hydrogen-bond donors (Lipinski definition) is 5. The van der Waals surface area contributed by atoms with Crippen LogP contribution in [0.2, 0.25) is 0 Å². The summed E-state index contributed by atoms with van der Waals surface area (Å²) in [6.07, 6.45) is 0. The third-order valence-corrected chi connectivity index (χ3v) is 3.50. The van der Waals surface area contributed by atoms with Crippen LogP contribution in [0.1, 0.15) is 0 Å². The van der Waals surface area contributed by atoms with Crippen LogP contribution >= 0.6 is 0 Å². The van der Waals surface area contributed by atoms with Gasteiger partial charge in [-0.25, -0.2) is 0 Å². The molecule has 7 nitrogen and oxygen atoms in total. The van der Waals surface area contributed by atoms with Crippen molar-refractivity contribution in [1.82, 2.24) is 0 Å². The molecule has 112 valence electrons. The zero-order valence-corrected chi connectivity index (χ0v) is 11.6. The van der Waals surface area contributed by atoms with Crippen molar-refractivity contribution in [2.24, 2.45) is 0 Å². The van der Waals surface area contributed by atoms with Gasteiger partial charge in [-0.05, 0) is 18.2 Å². The minimum atomic E-state index is -0.309. The average molecular weight is 297 g/mol. The molecule has 0 unspecified atom stereocenters.